The van der Waals surface area contributed by atoms with Crippen LogP contribution in [0.4, 0.5) is 0 Å². The third kappa shape index (κ3) is 7.17. The number of nitrogens with one attached hydrogen (secondary N) is 2. The van der Waals surface area contributed by atoms with E-state index in [0.717, 1.165) is 6.42 Å². The topological polar surface area (TPSA) is 24.1 Å². The van der Waals surface area contributed by atoms with Crippen LogP contribution >= 0.6 is 75.0 Å². The molecule has 2 N–H and O–H groups in total. The van der Waals surface area contributed by atoms with E-state index < -0.39 is 0 Å². The lowest BCUT2D eigenvalue weighted by Gasteiger charge is -2.29. The van der Waals surface area contributed by atoms with E-state index in [0.29, 0.717) is 8.64 Å². The summed E-state index contributed by atoms with van der Waals surface area (Å²) in [5, 5.41) is 5.84. The quantitative estimate of drug-likeness (QED) is 0.265. The minimum absolute atomic E-state index is 0.0585. The molecule has 8 heteroatoms. The Morgan fingerprint density at radius 2 is 1.60 bits per heavy atom. The first-order chi connectivity index (χ1) is 6.88. The Bertz CT molecular complexity index is 234. The molecule has 0 aliphatic heterocycles. The molecular formula is C7H14N2S6. The second kappa shape index (κ2) is 8.30. The fraction of sp³-hybridized carbons (Fsp3) is 0.714. The number of thiocarbonyl (C=S) groups is 2. The SMILES string of the molecule is CCC(S)C(NC(=S)S)C(S)NC(=S)S. The highest BCUT2D eigenvalue weighted by atomic mass is 32.1. The molecule has 0 aliphatic rings. The van der Waals surface area contributed by atoms with Gasteiger partial charge in [0, 0.05) is 5.25 Å². The molecule has 0 spiro atoms. The van der Waals surface area contributed by atoms with Crippen LogP contribution in [0, 0.1) is 0 Å². The Kier molecular flexibility index (Phi) is 8.95. The minimum Gasteiger partial charge on any atom is -0.364 e. The van der Waals surface area contributed by atoms with Crippen molar-refractivity contribution >= 4 is 83.6 Å². The van der Waals surface area contributed by atoms with Crippen LogP contribution in [0.3, 0.4) is 0 Å². The second-order valence-electron chi connectivity index (χ2n) is 2.85. The van der Waals surface area contributed by atoms with Crippen LogP contribution in [0.15, 0.2) is 0 Å². The number of thiol groups is 4. The van der Waals surface area contributed by atoms with Crippen molar-refractivity contribution in [3.8, 4) is 0 Å². The maximum atomic E-state index is 4.88. The lowest BCUT2D eigenvalue weighted by Crippen LogP contribution is -2.51. The summed E-state index contributed by atoms with van der Waals surface area (Å²) in [6, 6.07) is -0.0585. The van der Waals surface area contributed by atoms with Gasteiger partial charge in [0.25, 0.3) is 0 Å². The molecule has 0 rings (SSSR count). The Balaban J connectivity index is 4.46. The summed E-state index contributed by atoms with van der Waals surface area (Å²) in [6.07, 6.45) is 0.884. The Labute approximate surface area is 123 Å². The molecule has 0 radical (unpaired) electrons. The molecule has 3 atom stereocenters. The number of hydrogen-bond donors (Lipinski definition) is 6. The molecule has 88 valence electrons. The maximum absolute atomic E-state index is 4.88. The zero-order valence-corrected chi connectivity index (χ0v) is 13.3. The van der Waals surface area contributed by atoms with Gasteiger partial charge in [-0.3, -0.25) is 0 Å². The van der Waals surface area contributed by atoms with Crippen LogP contribution in [0.5, 0.6) is 0 Å². The van der Waals surface area contributed by atoms with Crippen LogP contribution < -0.4 is 10.6 Å². The van der Waals surface area contributed by atoms with E-state index >= 15 is 0 Å². The Hall–Kier alpha value is 1.18. The number of hydrogen-bond acceptors (Lipinski definition) is 4. The van der Waals surface area contributed by atoms with Gasteiger partial charge >= 0.3 is 0 Å². The molecular weight excluding hydrogens is 304 g/mol. The first kappa shape index (κ1) is 16.2. The van der Waals surface area contributed by atoms with Crippen molar-refractivity contribution in [2.75, 3.05) is 0 Å². The molecule has 0 bridgehead atoms. The molecule has 0 aliphatic carbocycles. The molecule has 0 amide bonds. The summed E-state index contributed by atoms with van der Waals surface area (Å²) in [6.45, 7) is 2.04. The van der Waals surface area contributed by atoms with Crippen molar-refractivity contribution in [2.45, 2.75) is 30.0 Å². The van der Waals surface area contributed by atoms with E-state index in [4.69, 9.17) is 24.4 Å². The van der Waals surface area contributed by atoms with Gasteiger partial charge in [0.15, 0.2) is 0 Å². The Morgan fingerprint density at radius 3 is 1.93 bits per heavy atom. The average molecular weight is 319 g/mol. The summed E-state index contributed by atoms with van der Waals surface area (Å²) >= 11 is 26.5. The normalized spacial score (nSPS) is 16.3. The lowest BCUT2D eigenvalue weighted by atomic mass is 10.1. The van der Waals surface area contributed by atoms with Gasteiger partial charge < -0.3 is 10.6 Å². The predicted molar refractivity (Wildman–Crippen MR) is 89.1 cm³/mol. The molecule has 0 saturated heterocycles. The number of rotatable bonds is 5. The first-order valence-electron chi connectivity index (χ1n) is 4.23. The van der Waals surface area contributed by atoms with E-state index in [1.54, 1.807) is 0 Å². The van der Waals surface area contributed by atoms with E-state index in [1.807, 2.05) is 6.92 Å². The van der Waals surface area contributed by atoms with Crippen molar-refractivity contribution in [1.82, 2.24) is 10.6 Å². The molecule has 0 aromatic heterocycles. The van der Waals surface area contributed by atoms with Gasteiger partial charge in [-0.2, -0.15) is 25.3 Å². The highest BCUT2D eigenvalue weighted by molar-refractivity contribution is 8.11. The third-order valence-corrected chi connectivity index (χ3v) is 3.37. The van der Waals surface area contributed by atoms with Crippen LogP contribution in [0.2, 0.25) is 0 Å². The summed E-state index contributed by atoms with van der Waals surface area (Å²) in [5.41, 5.74) is 0. The van der Waals surface area contributed by atoms with Crippen LogP contribution in [0.1, 0.15) is 13.3 Å². The lowest BCUT2D eigenvalue weighted by molar-refractivity contribution is 0.538. The summed E-state index contributed by atoms with van der Waals surface area (Å²) in [7, 11) is 0. The molecule has 0 heterocycles. The van der Waals surface area contributed by atoms with Gasteiger partial charge in [0.1, 0.15) is 8.64 Å². The van der Waals surface area contributed by atoms with E-state index in [-0.39, 0.29) is 16.7 Å². The monoisotopic (exact) mass is 318 g/mol. The van der Waals surface area contributed by atoms with Crippen molar-refractivity contribution in [1.29, 1.82) is 0 Å². The van der Waals surface area contributed by atoms with Gasteiger partial charge in [-0.05, 0) is 6.42 Å². The molecule has 3 unspecified atom stereocenters. The molecule has 0 saturated carbocycles. The zero-order valence-electron chi connectivity index (χ0n) is 8.04. The largest absolute Gasteiger partial charge is 0.364 e. The third-order valence-electron chi connectivity index (χ3n) is 1.73. The van der Waals surface area contributed by atoms with Crippen LogP contribution in [-0.4, -0.2) is 25.3 Å². The molecule has 0 aromatic rings. The smallest absolute Gasteiger partial charge is 0.131 e. The van der Waals surface area contributed by atoms with Crippen molar-refractivity contribution in [3.05, 3.63) is 0 Å². The summed E-state index contributed by atoms with van der Waals surface area (Å²) in [4.78, 5) is 0. The van der Waals surface area contributed by atoms with Gasteiger partial charge in [0.2, 0.25) is 0 Å². The van der Waals surface area contributed by atoms with E-state index in [1.165, 1.54) is 0 Å². The van der Waals surface area contributed by atoms with Crippen molar-refractivity contribution < 1.29 is 0 Å². The molecule has 0 fully saturated rings. The average Bonchev–Trinajstić information content (AvgIpc) is 2.11. The van der Waals surface area contributed by atoms with Crippen molar-refractivity contribution in [2.24, 2.45) is 0 Å². The molecule has 2 nitrogen and oxygen atoms in total. The molecule has 15 heavy (non-hydrogen) atoms. The predicted octanol–water partition coefficient (Wildman–Crippen LogP) is 1.93. The summed E-state index contributed by atoms with van der Waals surface area (Å²) < 4.78 is 0.807. The maximum Gasteiger partial charge on any atom is 0.131 e. The van der Waals surface area contributed by atoms with Gasteiger partial charge in [-0.1, -0.05) is 31.4 Å². The van der Waals surface area contributed by atoms with Crippen LogP contribution in [-0.2, 0) is 0 Å². The molecule has 0 aromatic carbocycles. The standard InChI is InChI=1S/C7H14N2S6/c1-2-3(10)4(8-6(12)13)5(11)9-7(14)15/h3-5,10-11H,2H2,1H3,(H2,8,12,13)(H2,9,14,15). The highest BCUT2D eigenvalue weighted by Gasteiger charge is 2.24. The minimum atomic E-state index is -0.206. The van der Waals surface area contributed by atoms with E-state index in [9.17, 15) is 0 Å². The zero-order chi connectivity index (χ0) is 12.0. The Morgan fingerprint density at radius 1 is 1.13 bits per heavy atom. The van der Waals surface area contributed by atoms with Gasteiger partial charge in [0.05, 0.1) is 11.4 Å². The highest BCUT2D eigenvalue weighted by Crippen LogP contribution is 2.14. The van der Waals surface area contributed by atoms with Gasteiger partial charge in [-0.15, -0.1) is 25.3 Å². The first-order valence-corrected chi connectivity index (χ1v) is 6.97. The van der Waals surface area contributed by atoms with Gasteiger partial charge in [-0.25, -0.2) is 0 Å². The van der Waals surface area contributed by atoms with Crippen molar-refractivity contribution in [3.63, 3.8) is 0 Å². The fourth-order valence-corrected chi connectivity index (χ4v) is 2.53. The summed E-state index contributed by atoms with van der Waals surface area (Å²) in [5.74, 6) is 0. The van der Waals surface area contributed by atoms with Crippen LogP contribution in [0.25, 0.3) is 0 Å². The fourth-order valence-electron chi connectivity index (χ4n) is 0.998. The van der Waals surface area contributed by atoms with E-state index in [2.05, 4.69) is 61.1 Å². The second-order valence-corrected chi connectivity index (χ2v) is 6.38.